The van der Waals surface area contributed by atoms with Gasteiger partial charge in [-0.15, -0.1) is 0 Å². The van der Waals surface area contributed by atoms with Crippen LogP contribution in [0.1, 0.15) is 39.0 Å². The maximum absolute atomic E-state index is 12.0. The Bertz CT molecular complexity index is 565. The maximum Gasteiger partial charge on any atom is 0.314 e. The maximum atomic E-state index is 12.0. The quantitative estimate of drug-likeness (QED) is 0.688. The van der Waals surface area contributed by atoms with Crippen LogP contribution >= 0.6 is 0 Å². The summed E-state index contributed by atoms with van der Waals surface area (Å²) in [5.74, 6) is 1.38. The lowest BCUT2D eigenvalue weighted by Gasteiger charge is -2.30. The van der Waals surface area contributed by atoms with Crippen molar-refractivity contribution in [3.63, 3.8) is 0 Å². The van der Waals surface area contributed by atoms with Gasteiger partial charge in [-0.3, -0.25) is 0 Å². The molecule has 2 heterocycles. The molecule has 27 heavy (non-hydrogen) atoms. The molecule has 150 valence electrons. The first-order chi connectivity index (χ1) is 13.2. The van der Waals surface area contributed by atoms with Gasteiger partial charge in [-0.2, -0.15) is 0 Å². The van der Waals surface area contributed by atoms with Gasteiger partial charge in [0.05, 0.1) is 0 Å². The fourth-order valence-corrected chi connectivity index (χ4v) is 4.32. The van der Waals surface area contributed by atoms with Crippen LogP contribution in [-0.2, 0) is 0 Å². The number of anilines is 1. The molecule has 2 N–H and O–H groups in total. The highest BCUT2D eigenvalue weighted by Gasteiger charge is 2.22. The molecule has 2 fully saturated rings. The van der Waals surface area contributed by atoms with E-state index in [1.165, 1.54) is 44.6 Å². The molecule has 0 bridgehead atoms. The lowest BCUT2D eigenvalue weighted by atomic mass is 10.0. The molecular formula is C22H36N4O. The third-order valence-electron chi connectivity index (χ3n) is 5.89. The van der Waals surface area contributed by atoms with Gasteiger partial charge >= 0.3 is 6.03 Å². The van der Waals surface area contributed by atoms with E-state index in [-0.39, 0.29) is 6.03 Å². The second-order valence-corrected chi connectivity index (χ2v) is 8.33. The van der Waals surface area contributed by atoms with Crippen molar-refractivity contribution in [3.05, 3.63) is 30.3 Å². The van der Waals surface area contributed by atoms with E-state index in [0.29, 0.717) is 5.92 Å². The van der Waals surface area contributed by atoms with Gasteiger partial charge in [0.2, 0.25) is 0 Å². The zero-order chi connectivity index (χ0) is 18.9. The van der Waals surface area contributed by atoms with E-state index in [4.69, 9.17) is 0 Å². The van der Waals surface area contributed by atoms with Crippen LogP contribution in [0.2, 0.25) is 0 Å². The van der Waals surface area contributed by atoms with Crippen LogP contribution < -0.4 is 15.5 Å². The van der Waals surface area contributed by atoms with Crippen LogP contribution in [-0.4, -0.2) is 56.7 Å². The predicted molar refractivity (Wildman–Crippen MR) is 112 cm³/mol. The van der Waals surface area contributed by atoms with E-state index in [0.717, 1.165) is 44.9 Å². The summed E-state index contributed by atoms with van der Waals surface area (Å²) in [5.41, 5.74) is 1.28. The van der Waals surface area contributed by atoms with Crippen molar-refractivity contribution in [2.24, 2.45) is 11.8 Å². The topological polar surface area (TPSA) is 47.6 Å². The zero-order valence-electron chi connectivity index (χ0n) is 16.8. The summed E-state index contributed by atoms with van der Waals surface area (Å²) in [6.07, 6.45) is 6.08. The van der Waals surface area contributed by atoms with E-state index in [1.54, 1.807) is 0 Å². The van der Waals surface area contributed by atoms with Crippen LogP contribution in [0.3, 0.4) is 0 Å². The summed E-state index contributed by atoms with van der Waals surface area (Å²) >= 11 is 0. The minimum absolute atomic E-state index is 0.0141. The molecule has 2 unspecified atom stereocenters. The minimum Gasteiger partial charge on any atom is -0.371 e. The SMILES string of the molecule is CC1CCCN(CCCCNC(=O)NCC2CCN(c3ccccc3)C2)C1. The van der Waals surface area contributed by atoms with E-state index < -0.39 is 0 Å². The Labute approximate surface area is 164 Å². The van der Waals surface area contributed by atoms with Crippen molar-refractivity contribution in [1.29, 1.82) is 0 Å². The Balaban J connectivity index is 1.22. The molecule has 1 aromatic carbocycles. The Hall–Kier alpha value is -1.75. The standard InChI is InChI=1S/C22H36N4O/c1-19-8-7-14-25(17-19)13-6-5-12-23-22(27)24-16-20-11-15-26(18-20)21-9-3-2-4-10-21/h2-4,9-10,19-20H,5-8,11-18H2,1H3,(H2,23,24,27). The number of likely N-dealkylation sites (tertiary alicyclic amines) is 1. The number of carbonyl (C=O) groups is 1. The van der Waals surface area contributed by atoms with Crippen LogP contribution in [0.15, 0.2) is 30.3 Å². The highest BCUT2D eigenvalue weighted by molar-refractivity contribution is 5.73. The average molecular weight is 373 g/mol. The number of carbonyl (C=O) groups excluding carboxylic acids is 1. The lowest BCUT2D eigenvalue weighted by Crippen LogP contribution is -2.39. The van der Waals surface area contributed by atoms with E-state index in [1.807, 2.05) is 0 Å². The first-order valence-corrected chi connectivity index (χ1v) is 10.7. The fourth-order valence-electron chi connectivity index (χ4n) is 4.32. The highest BCUT2D eigenvalue weighted by atomic mass is 16.2. The van der Waals surface area contributed by atoms with Crippen LogP contribution in [0.4, 0.5) is 10.5 Å². The number of amides is 2. The van der Waals surface area contributed by atoms with E-state index in [2.05, 4.69) is 57.7 Å². The van der Waals surface area contributed by atoms with Crippen LogP contribution in [0.5, 0.6) is 0 Å². The van der Waals surface area contributed by atoms with Crippen LogP contribution in [0.25, 0.3) is 0 Å². The lowest BCUT2D eigenvalue weighted by molar-refractivity contribution is 0.181. The number of hydrogen-bond donors (Lipinski definition) is 2. The number of rotatable bonds is 8. The number of unbranched alkanes of at least 4 members (excludes halogenated alkanes) is 1. The molecule has 0 radical (unpaired) electrons. The molecule has 5 heteroatoms. The van der Waals surface area contributed by atoms with Crippen molar-refractivity contribution in [3.8, 4) is 0 Å². The summed E-state index contributed by atoms with van der Waals surface area (Å²) in [7, 11) is 0. The van der Waals surface area contributed by atoms with Crippen LogP contribution in [0, 0.1) is 11.8 Å². The Morgan fingerprint density at radius 1 is 1.07 bits per heavy atom. The largest absolute Gasteiger partial charge is 0.371 e. The Morgan fingerprint density at radius 3 is 2.74 bits per heavy atom. The first kappa shape index (κ1) is 20.0. The summed E-state index contributed by atoms with van der Waals surface area (Å²) in [6, 6.07) is 10.5. The molecule has 2 saturated heterocycles. The van der Waals surface area contributed by atoms with Gasteiger partial charge in [0, 0.05) is 38.4 Å². The number of hydrogen-bond acceptors (Lipinski definition) is 3. The van der Waals surface area contributed by atoms with E-state index >= 15 is 0 Å². The molecule has 2 atom stereocenters. The summed E-state index contributed by atoms with van der Waals surface area (Å²) < 4.78 is 0. The minimum atomic E-state index is -0.0141. The van der Waals surface area contributed by atoms with Crippen molar-refractivity contribution < 1.29 is 4.79 Å². The van der Waals surface area contributed by atoms with Crippen molar-refractivity contribution in [2.75, 3.05) is 50.7 Å². The first-order valence-electron chi connectivity index (χ1n) is 10.7. The fraction of sp³-hybridized carbons (Fsp3) is 0.682. The molecule has 2 amide bonds. The molecule has 0 aromatic heterocycles. The molecular weight excluding hydrogens is 336 g/mol. The van der Waals surface area contributed by atoms with Gasteiger partial charge in [0.15, 0.2) is 0 Å². The molecule has 2 aliphatic rings. The molecule has 0 aliphatic carbocycles. The van der Waals surface area contributed by atoms with Crippen molar-refractivity contribution >= 4 is 11.7 Å². The van der Waals surface area contributed by atoms with Gasteiger partial charge in [0.25, 0.3) is 0 Å². The van der Waals surface area contributed by atoms with Gasteiger partial charge in [0.1, 0.15) is 0 Å². The van der Waals surface area contributed by atoms with E-state index in [9.17, 15) is 4.79 Å². The molecule has 0 spiro atoms. The number of piperidine rings is 1. The van der Waals surface area contributed by atoms with Gasteiger partial charge < -0.3 is 20.4 Å². The zero-order valence-corrected chi connectivity index (χ0v) is 16.8. The predicted octanol–water partition coefficient (Wildman–Crippen LogP) is 3.32. The number of benzene rings is 1. The Morgan fingerprint density at radius 2 is 1.93 bits per heavy atom. The van der Waals surface area contributed by atoms with Crippen molar-refractivity contribution in [1.82, 2.24) is 15.5 Å². The summed E-state index contributed by atoms with van der Waals surface area (Å²) in [5, 5.41) is 6.07. The monoisotopic (exact) mass is 372 g/mol. The average Bonchev–Trinajstić information content (AvgIpc) is 3.16. The molecule has 5 nitrogen and oxygen atoms in total. The second-order valence-electron chi connectivity index (χ2n) is 8.33. The third kappa shape index (κ3) is 6.73. The highest BCUT2D eigenvalue weighted by Crippen LogP contribution is 2.22. The number of nitrogens with zero attached hydrogens (tertiary/aromatic N) is 2. The van der Waals surface area contributed by atoms with Gasteiger partial charge in [-0.25, -0.2) is 4.79 Å². The Kier molecular flexibility index (Phi) is 7.81. The van der Waals surface area contributed by atoms with Crippen molar-refractivity contribution in [2.45, 2.75) is 39.0 Å². The van der Waals surface area contributed by atoms with Gasteiger partial charge in [-0.1, -0.05) is 25.1 Å². The van der Waals surface area contributed by atoms with Gasteiger partial charge in [-0.05, 0) is 69.2 Å². The number of nitrogens with one attached hydrogen (secondary N) is 2. The molecule has 2 aliphatic heterocycles. The molecule has 1 aromatic rings. The number of para-hydroxylation sites is 1. The second kappa shape index (κ2) is 10.5. The smallest absolute Gasteiger partial charge is 0.314 e. The normalized spacial score (nSPS) is 23.4. The summed E-state index contributed by atoms with van der Waals surface area (Å²) in [6.45, 7) is 9.66. The number of urea groups is 1. The third-order valence-corrected chi connectivity index (χ3v) is 5.89. The molecule has 0 saturated carbocycles. The summed E-state index contributed by atoms with van der Waals surface area (Å²) in [4.78, 5) is 17.0. The molecule has 3 rings (SSSR count).